The summed E-state index contributed by atoms with van der Waals surface area (Å²) in [6.07, 6.45) is 8.73. The van der Waals surface area contributed by atoms with Crippen LogP contribution in [0.4, 0.5) is 5.82 Å². The van der Waals surface area contributed by atoms with E-state index in [0.29, 0.717) is 27.9 Å². The number of anilines is 1. The first-order chi connectivity index (χ1) is 18.0. The first-order valence-corrected chi connectivity index (χ1v) is 13.8. The number of hydrogen-bond acceptors (Lipinski definition) is 7. The molecular formula is C28H34ClN5O3. The standard InChI is InChI=1S/C28H34ClN5O3/c29-25-16-24(4-1-20(25)17-30)37-23-5-2-21(3-6-23)31-28(36)26-7-8-27(33-32-26)34-11-9-18(10-12-34)13-19-14-22(35)15-19/h1,4,7-8,16,18-19,21-23,35H,2-3,5-6,9-15H2,(H,31,36). The lowest BCUT2D eigenvalue weighted by atomic mass is 9.75. The van der Waals surface area contributed by atoms with E-state index in [0.717, 1.165) is 76.2 Å². The highest BCUT2D eigenvalue weighted by atomic mass is 35.5. The van der Waals surface area contributed by atoms with Crippen molar-refractivity contribution in [2.45, 2.75) is 76.0 Å². The number of nitrogens with one attached hydrogen (secondary N) is 1. The van der Waals surface area contributed by atoms with Crippen molar-refractivity contribution in [1.29, 1.82) is 5.26 Å². The molecule has 37 heavy (non-hydrogen) atoms. The molecule has 1 aliphatic heterocycles. The van der Waals surface area contributed by atoms with E-state index in [9.17, 15) is 9.90 Å². The molecule has 196 valence electrons. The van der Waals surface area contributed by atoms with Crippen LogP contribution >= 0.6 is 11.6 Å². The van der Waals surface area contributed by atoms with Crippen LogP contribution in [0.15, 0.2) is 30.3 Å². The van der Waals surface area contributed by atoms with Crippen LogP contribution in [0.2, 0.25) is 5.02 Å². The molecule has 0 atom stereocenters. The van der Waals surface area contributed by atoms with Crippen LogP contribution in [-0.4, -0.2) is 52.6 Å². The van der Waals surface area contributed by atoms with Gasteiger partial charge in [-0.2, -0.15) is 5.26 Å². The van der Waals surface area contributed by atoms with Gasteiger partial charge in [0.1, 0.15) is 11.8 Å². The number of piperidine rings is 1. The molecule has 5 rings (SSSR count). The molecule has 1 amide bonds. The summed E-state index contributed by atoms with van der Waals surface area (Å²) < 4.78 is 6.04. The van der Waals surface area contributed by atoms with Crippen LogP contribution in [0.1, 0.15) is 73.8 Å². The van der Waals surface area contributed by atoms with Gasteiger partial charge in [0, 0.05) is 25.2 Å². The molecule has 2 aromatic rings. The first kappa shape index (κ1) is 25.7. The van der Waals surface area contributed by atoms with Crippen LogP contribution in [0.3, 0.4) is 0 Å². The van der Waals surface area contributed by atoms with Crippen molar-refractivity contribution in [1.82, 2.24) is 15.5 Å². The number of carbonyl (C=O) groups is 1. The average molecular weight is 524 g/mol. The molecule has 2 N–H and O–H groups in total. The Morgan fingerprint density at radius 1 is 1.08 bits per heavy atom. The largest absolute Gasteiger partial charge is 0.490 e. The van der Waals surface area contributed by atoms with Crippen molar-refractivity contribution < 1.29 is 14.6 Å². The second kappa shape index (κ2) is 11.7. The second-order valence-corrected chi connectivity index (χ2v) is 11.2. The van der Waals surface area contributed by atoms with Gasteiger partial charge in [-0.05, 0) is 93.9 Å². The Morgan fingerprint density at radius 3 is 2.46 bits per heavy atom. The molecule has 9 heteroatoms. The number of halogens is 1. The van der Waals surface area contributed by atoms with Crippen LogP contribution in [0, 0.1) is 23.2 Å². The molecule has 3 aliphatic rings. The highest BCUT2D eigenvalue weighted by Gasteiger charge is 2.31. The van der Waals surface area contributed by atoms with Crippen LogP contribution in [0.5, 0.6) is 5.75 Å². The third-order valence-corrected chi connectivity index (χ3v) is 8.39. The maximum absolute atomic E-state index is 12.8. The molecule has 0 bridgehead atoms. The number of benzene rings is 1. The number of amides is 1. The monoisotopic (exact) mass is 523 g/mol. The van der Waals surface area contributed by atoms with E-state index in [1.807, 2.05) is 12.1 Å². The van der Waals surface area contributed by atoms with Gasteiger partial charge in [0.25, 0.3) is 5.91 Å². The van der Waals surface area contributed by atoms with Gasteiger partial charge in [-0.3, -0.25) is 4.79 Å². The van der Waals surface area contributed by atoms with Gasteiger partial charge in [-0.1, -0.05) is 11.6 Å². The fourth-order valence-electron chi connectivity index (χ4n) is 5.81. The maximum Gasteiger partial charge on any atom is 0.272 e. The number of nitrogens with zero attached hydrogens (tertiary/aromatic N) is 4. The molecule has 0 radical (unpaired) electrons. The van der Waals surface area contributed by atoms with Gasteiger partial charge in [-0.15, -0.1) is 10.2 Å². The minimum atomic E-state index is -0.191. The fourth-order valence-corrected chi connectivity index (χ4v) is 6.03. The summed E-state index contributed by atoms with van der Waals surface area (Å²) in [6.45, 7) is 1.92. The smallest absolute Gasteiger partial charge is 0.272 e. The van der Waals surface area contributed by atoms with E-state index in [4.69, 9.17) is 21.6 Å². The van der Waals surface area contributed by atoms with E-state index in [1.54, 1.807) is 24.3 Å². The molecule has 3 fully saturated rings. The molecule has 2 saturated carbocycles. The molecule has 0 unspecified atom stereocenters. The highest BCUT2D eigenvalue weighted by molar-refractivity contribution is 6.31. The molecule has 1 aromatic carbocycles. The quantitative estimate of drug-likeness (QED) is 0.549. The summed E-state index contributed by atoms with van der Waals surface area (Å²) in [5, 5.41) is 30.6. The number of aliphatic hydroxyl groups is 1. The molecule has 8 nitrogen and oxygen atoms in total. The second-order valence-electron chi connectivity index (χ2n) is 10.8. The molecule has 2 heterocycles. The van der Waals surface area contributed by atoms with Gasteiger partial charge in [0.15, 0.2) is 11.5 Å². The van der Waals surface area contributed by atoms with Gasteiger partial charge >= 0.3 is 0 Å². The lowest BCUT2D eigenvalue weighted by Gasteiger charge is -2.38. The Balaban J connectivity index is 1.04. The van der Waals surface area contributed by atoms with Crippen molar-refractivity contribution in [3.8, 4) is 11.8 Å². The summed E-state index contributed by atoms with van der Waals surface area (Å²) in [6, 6.07) is 10.9. The Hall–Kier alpha value is -2.89. The number of nitriles is 1. The Bertz CT molecular complexity index is 1120. The summed E-state index contributed by atoms with van der Waals surface area (Å²) in [4.78, 5) is 15.0. The Labute approximate surface area is 223 Å². The van der Waals surface area contributed by atoms with Crippen molar-refractivity contribution >= 4 is 23.3 Å². The Kier molecular flexibility index (Phi) is 8.11. The van der Waals surface area contributed by atoms with Gasteiger partial charge in [-0.25, -0.2) is 0 Å². The van der Waals surface area contributed by atoms with Gasteiger partial charge < -0.3 is 20.1 Å². The molecule has 2 aliphatic carbocycles. The lowest BCUT2D eigenvalue weighted by Crippen LogP contribution is -2.40. The average Bonchev–Trinajstić information content (AvgIpc) is 2.89. The zero-order valence-corrected chi connectivity index (χ0v) is 21.7. The normalized spacial score (nSPS) is 26.1. The minimum absolute atomic E-state index is 0.0562. The fraction of sp³-hybridized carbons (Fsp3) is 0.571. The summed E-state index contributed by atoms with van der Waals surface area (Å²) in [5.41, 5.74) is 0.773. The van der Waals surface area contributed by atoms with Crippen LogP contribution < -0.4 is 15.0 Å². The maximum atomic E-state index is 12.8. The van der Waals surface area contributed by atoms with Crippen molar-refractivity contribution in [3.05, 3.63) is 46.6 Å². The van der Waals surface area contributed by atoms with Gasteiger partial charge in [0.05, 0.1) is 22.8 Å². The zero-order chi connectivity index (χ0) is 25.8. The minimum Gasteiger partial charge on any atom is -0.490 e. The predicted molar refractivity (Wildman–Crippen MR) is 141 cm³/mol. The molecule has 1 aromatic heterocycles. The van der Waals surface area contributed by atoms with Crippen molar-refractivity contribution in [2.75, 3.05) is 18.0 Å². The van der Waals surface area contributed by atoms with Crippen molar-refractivity contribution in [2.24, 2.45) is 11.8 Å². The summed E-state index contributed by atoms with van der Waals surface area (Å²) in [5.74, 6) is 2.73. The topological polar surface area (TPSA) is 111 Å². The number of ether oxygens (including phenoxy) is 1. The van der Waals surface area contributed by atoms with E-state index in [-0.39, 0.29) is 24.2 Å². The predicted octanol–water partition coefficient (Wildman–Crippen LogP) is 4.50. The molecule has 0 spiro atoms. The zero-order valence-electron chi connectivity index (χ0n) is 21.0. The Morgan fingerprint density at radius 2 is 1.84 bits per heavy atom. The molecule has 1 saturated heterocycles. The van der Waals surface area contributed by atoms with Crippen LogP contribution in [-0.2, 0) is 0 Å². The van der Waals surface area contributed by atoms with Gasteiger partial charge in [0.2, 0.25) is 0 Å². The lowest BCUT2D eigenvalue weighted by molar-refractivity contribution is 0.0297. The van der Waals surface area contributed by atoms with E-state index in [2.05, 4.69) is 20.4 Å². The van der Waals surface area contributed by atoms with E-state index < -0.39 is 0 Å². The summed E-state index contributed by atoms with van der Waals surface area (Å²) >= 11 is 6.10. The number of rotatable bonds is 7. The number of aliphatic hydroxyl groups excluding tert-OH is 1. The molecular weight excluding hydrogens is 490 g/mol. The highest BCUT2D eigenvalue weighted by Crippen LogP contribution is 2.36. The third-order valence-electron chi connectivity index (χ3n) is 8.07. The first-order valence-electron chi connectivity index (χ1n) is 13.4. The third kappa shape index (κ3) is 6.52. The van der Waals surface area contributed by atoms with Crippen LogP contribution in [0.25, 0.3) is 0 Å². The number of aromatic nitrogens is 2. The van der Waals surface area contributed by atoms with E-state index >= 15 is 0 Å². The number of hydrogen-bond donors (Lipinski definition) is 2. The number of carbonyl (C=O) groups excluding carboxylic acids is 1. The van der Waals surface area contributed by atoms with E-state index in [1.165, 1.54) is 6.42 Å². The van der Waals surface area contributed by atoms with Crippen molar-refractivity contribution in [3.63, 3.8) is 0 Å². The SMILES string of the molecule is N#Cc1ccc(OC2CCC(NC(=O)c3ccc(N4CCC(CC5CC(O)C5)CC4)nn3)CC2)cc1Cl. The summed E-state index contributed by atoms with van der Waals surface area (Å²) in [7, 11) is 0.